The lowest BCUT2D eigenvalue weighted by Crippen LogP contribution is -2.15. The molecule has 21 heavy (non-hydrogen) atoms. The molecule has 0 saturated carbocycles. The number of sulfonamides is 1. The number of hydrogen-bond acceptors (Lipinski definition) is 3. The average molecular weight is 369 g/mol. The van der Waals surface area contributed by atoms with Crippen LogP contribution in [0.1, 0.15) is 16.7 Å². The summed E-state index contributed by atoms with van der Waals surface area (Å²) in [6, 6.07) is 8.63. The molecule has 0 aliphatic heterocycles. The van der Waals surface area contributed by atoms with Crippen LogP contribution in [0.3, 0.4) is 0 Å². The Morgan fingerprint density at radius 3 is 2.38 bits per heavy atom. The normalized spacial score (nSPS) is 11.4. The Morgan fingerprint density at radius 2 is 1.76 bits per heavy atom. The Labute approximate surface area is 133 Å². The molecule has 2 aromatic carbocycles. The van der Waals surface area contributed by atoms with Gasteiger partial charge in [0.2, 0.25) is 0 Å². The molecule has 0 unspecified atom stereocenters. The van der Waals surface area contributed by atoms with Gasteiger partial charge in [-0.25, -0.2) is 8.42 Å². The molecule has 3 N–H and O–H groups in total. The maximum atomic E-state index is 12.5. The monoisotopic (exact) mass is 368 g/mol. The number of benzene rings is 2. The minimum atomic E-state index is -3.67. The summed E-state index contributed by atoms with van der Waals surface area (Å²) in [4.78, 5) is 0.201. The number of nitrogen functional groups attached to an aromatic ring is 1. The summed E-state index contributed by atoms with van der Waals surface area (Å²) in [7, 11) is -3.67. The second-order valence-corrected chi connectivity index (χ2v) is 7.51. The van der Waals surface area contributed by atoms with Crippen molar-refractivity contribution in [1.82, 2.24) is 0 Å². The summed E-state index contributed by atoms with van der Waals surface area (Å²) in [5, 5.41) is 0. The van der Waals surface area contributed by atoms with Crippen LogP contribution < -0.4 is 10.5 Å². The molecule has 4 nitrogen and oxygen atoms in total. The number of hydrogen-bond donors (Lipinski definition) is 2. The number of aryl methyl sites for hydroxylation is 2. The Balaban J connectivity index is 2.45. The number of nitrogens with two attached hydrogens (primary N) is 1. The summed E-state index contributed by atoms with van der Waals surface area (Å²) in [5.41, 5.74) is 9.66. The molecular weight excluding hydrogens is 352 g/mol. The van der Waals surface area contributed by atoms with Crippen molar-refractivity contribution in [2.45, 2.75) is 25.7 Å². The van der Waals surface area contributed by atoms with Gasteiger partial charge < -0.3 is 5.73 Å². The molecule has 0 heterocycles. The lowest BCUT2D eigenvalue weighted by atomic mass is 10.1. The predicted octanol–water partition coefficient (Wildman–Crippen LogP) is 3.76. The Bertz CT molecular complexity index is 802. The van der Waals surface area contributed by atoms with E-state index in [9.17, 15) is 8.42 Å². The highest BCUT2D eigenvalue weighted by atomic mass is 79.9. The zero-order chi connectivity index (χ0) is 15.8. The zero-order valence-electron chi connectivity index (χ0n) is 12.1. The minimum absolute atomic E-state index is 0.201. The van der Waals surface area contributed by atoms with Crippen molar-refractivity contribution in [1.29, 1.82) is 0 Å². The van der Waals surface area contributed by atoms with E-state index >= 15 is 0 Å². The van der Waals surface area contributed by atoms with Crippen LogP contribution in [0.2, 0.25) is 0 Å². The van der Waals surface area contributed by atoms with Gasteiger partial charge >= 0.3 is 0 Å². The highest BCUT2D eigenvalue weighted by Gasteiger charge is 2.19. The van der Waals surface area contributed by atoms with E-state index in [4.69, 9.17) is 5.73 Å². The first-order valence-corrected chi connectivity index (χ1v) is 8.64. The Kier molecular flexibility index (Phi) is 4.30. The largest absolute Gasteiger partial charge is 0.398 e. The fraction of sp³-hybridized carbons (Fsp3) is 0.200. The fourth-order valence-corrected chi connectivity index (χ4v) is 4.31. The summed E-state index contributed by atoms with van der Waals surface area (Å²) in [5.74, 6) is 0. The van der Waals surface area contributed by atoms with Gasteiger partial charge in [-0.15, -0.1) is 0 Å². The van der Waals surface area contributed by atoms with Crippen LogP contribution in [0.4, 0.5) is 11.4 Å². The molecule has 112 valence electrons. The van der Waals surface area contributed by atoms with Crippen LogP contribution in [0.25, 0.3) is 0 Å². The number of anilines is 2. The van der Waals surface area contributed by atoms with Crippen LogP contribution in [0.15, 0.2) is 39.7 Å². The molecule has 0 aliphatic carbocycles. The van der Waals surface area contributed by atoms with E-state index in [1.807, 2.05) is 13.8 Å². The van der Waals surface area contributed by atoms with E-state index in [0.29, 0.717) is 15.8 Å². The first kappa shape index (κ1) is 15.9. The first-order valence-electron chi connectivity index (χ1n) is 6.37. The molecule has 0 radical (unpaired) electrons. The highest BCUT2D eigenvalue weighted by molar-refractivity contribution is 9.10. The van der Waals surface area contributed by atoms with Gasteiger partial charge in [-0.3, -0.25) is 4.72 Å². The lowest BCUT2D eigenvalue weighted by Gasteiger charge is -2.14. The van der Waals surface area contributed by atoms with Crippen LogP contribution in [0.5, 0.6) is 0 Å². The third-order valence-electron chi connectivity index (χ3n) is 3.35. The van der Waals surface area contributed by atoms with E-state index in [2.05, 4.69) is 20.7 Å². The van der Waals surface area contributed by atoms with E-state index < -0.39 is 10.0 Å². The molecule has 0 spiro atoms. The number of rotatable bonds is 3. The van der Waals surface area contributed by atoms with Gasteiger partial charge in [0, 0.05) is 10.2 Å². The first-order chi connectivity index (χ1) is 9.72. The van der Waals surface area contributed by atoms with Gasteiger partial charge in [-0.2, -0.15) is 0 Å². The van der Waals surface area contributed by atoms with Crippen molar-refractivity contribution in [2.75, 3.05) is 10.5 Å². The van der Waals surface area contributed by atoms with Gasteiger partial charge in [-0.1, -0.05) is 12.1 Å². The highest BCUT2D eigenvalue weighted by Crippen LogP contribution is 2.29. The second kappa shape index (κ2) is 5.69. The van der Waals surface area contributed by atoms with Gasteiger partial charge in [0.15, 0.2) is 0 Å². The molecule has 0 amide bonds. The molecule has 0 saturated heterocycles. The van der Waals surface area contributed by atoms with Crippen molar-refractivity contribution < 1.29 is 8.42 Å². The van der Waals surface area contributed by atoms with E-state index in [0.717, 1.165) is 16.7 Å². The summed E-state index contributed by atoms with van der Waals surface area (Å²) >= 11 is 3.30. The molecule has 6 heteroatoms. The topological polar surface area (TPSA) is 72.2 Å². The standard InChI is InChI=1S/C15H17BrN2O2S/c1-9-4-7-14(12(16)8-9)21(19,20)18-13-6-5-10(2)15(17)11(13)3/h4-8,18H,17H2,1-3H3. The number of nitrogens with one attached hydrogen (secondary N) is 1. The predicted molar refractivity (Wildman–Crippen MR) is 90.0 cm³/mol. The summed E-state index contributed by atoms with van der Waals surface area (Å²) in [6.07, 6.45) is 0. The van der Waals surface area contributed by atoms with Crippen LogP contribution in [-0.4, -0.2) is 8.42 Å². The van der Waals surface area contributed by atoms with Crippen molar-refractivity contribution in [3.63, 3.8) is 0 Å². The lowest BCUT2D eigenvalue weighted by molar-refractivity contribution is 0.600. The van der Waals surface area contributed by atoms with Gasteiger partial charge in [0.25, 0.3) is 10.0 Å². The fourth-order valence-electron chi connectivity index (χ4n) is 2.00. The number of halogens is 1. The van der Waals surface area contributed by atoms with E-state index in [-0.39, 0.29) is 4.90 Å². The summed E-state index contributed by atoms with van der Waals surface area (Å²) in [6.45, 7) is 5.58. The van der Waals surface area contributed by atoms with Crippen molar-refractivity contribution in [2.24, 2.45) is 0 Å². The maximum absolute atomic E-state index is 12.5. The van der Waals surface area contributed by atoms with Crippen LogP contribution in [-0.2, 0) is 10.0 Å². The van der Waals surface area contributed by atoms with E-state index in [1.165, 1.54) is 0 Å². The molecule has 0 atom stereocenters. The van der Waals surface area contributed by atoms with Crippen molar-refractivity contribution in [3.8, 4) is 0 Å². The Morgan fingerprint density at radius 1 is 1.10 bits per heavy atom. The van der Waals surface area contributed by atoms with Crippen molar-refractivity contribution >= 4 is 37.3 Å². The summed E-state index contributed by atoms with van der Waals surface area (Å²) < 4.78 is 28.1. The van der Waals surface area contributed by atoms with Gasteiger partial charge in [0.05, 0.1) is 5.69 Å². The molecule has 2 aromatic rings. The third kappa shape index (κ3) is 3.22. The molecule has 0 bridgehead atoms. The second-order valence-electron chi connectivity index (χ2n) is 5.01. The SMILES string of the molecule is Cc1ccc(S(=O)(=O)Nc2ccc(C)c(N)c2C)c(Br)c1. The maximum Gasteiger partial charge on any atom is 0.263 e. The quantitative estimate of drug-likeness (QED) is 0.810. The van der Waals surface area contributed by atoms with Crippen LogP contribution >= 0.6 is 15.9 Å². The third-order valence-corrected chi connectivity index (χ3v) is 5.70. The van der Waals surface area contributed by atoms with Crippen molar-refractivity contribution in [3.05, 3.63) is 51.5 Å². The van der Waals surface area contributed by atoms with Gasteiger partial charge in [-0.05, 0) is 71.6 Å². The Hall–Kier alpha value is -1.53. The molecule has 0 aliphatic rings. The minimum Gasteiger partial charge on any atom is -0.398 e. The molecule has 0 aromatic heterocycles. The van der Waals surface area contributed by atoms with E-state index in [1.54, 1.807) is 37.3 Å². The average Bonchev–Trinajstić information content (AvgIpc) is 2.39. The molecule has 2 rings (SSSR count). The van der Waals surface area contributed by atoms with Crippen LogP contribution in [0, 0.1) is 20.8 Å². The molecule has 0 fully saturated rings. The zero-order valence-corrected chi connectivity index (χ0v) is 14.5. The van der Waals surface area contributed by atoms with Gasteiger partial charge in [0.1, 0.15) is 4.90 Å². The smallest absolute Gasteiger partial charge is 0.263 e. The molecular formula is C15H17BrN2O2S.